The molecule has 0 spiro atoms. The van der Waals surface area contributed by atoms with Crippen LogP contribution >= 0.6 is 22.6 Å². The second kappa shape index (κ2) is 9.44. The van der Waals surface area contributed by atoms with Crippen molar-refractivity contribution in [3.63, 3.8) is 0 Å². The van der Waals surface area contributed by atoms with Gasteiger partial charge in [-0.3, -0.25) is 0 Å². The fourth-order valence-electron chi connectivity index (χ4n) is 2.83. The maximum absolute atomic E-state index is 12.3. The summed E-state index contributed by atoms with van der Waals surface area (Å²) in [5.41, 5.74) is 1.90. The monoisotopic (exact) mass is 400 g/mol. The molecule has 1 heterocycles. The van der Waals surface area contributed by atoms with E-state index in [0.29, 0.717) is 10.5 Å². The molecule has 21 heavy (non-hydrogen) atoms. The molecule has 0 amide bonds. The number of alkyl halides is 1. The average Bonchev–Trinajstić information content (AvgIpc) is 2.51. The fraction of sp³-hybridized carbons (Fsp3) is 0.611. The predicted molar refractivity (Wildman–Crippen MR) is 95.2 cm³/mol. The number of carbonyl (C=O) groups excluding carboxylic acids is 1. The zero-order valence-corrected chi connectivity index (χ0v) is 14.8. The first kappa shape index (κ1) is 16.8. The fourth-order valence-corrected chi connectivity index (χ4v) is 3.45. The minimum Gasteiger partial charge on any atom is -0.461 e. The zero-order chi connectivity index (χ0) is 14.9. The highest BCUT2D eigenvalue weighted by Crippen LogP contribution is 2.19. The Morgan fingerprint density at radius 1 is 0.952 bits per heavy atom. The predicted octanol–water partition coefficient (Wildman–Crippen LogP) is 5.32. The van der Waals surface area contributed by atoms with Gasteiger partial charge in [-0.1, -0.05) is 79.3 Å². The molecule has 1 aliphatic rings. The molecular weight excluding hydrogens is 375 g/mol. The molecule has 0 radical (unpaired) electrons. The number of rotatable bonds is 0. The molecule has 0 saturated heterocycles. The van der Waals surface area contributed by atoms with Crippen molar-refractivity contribution in [1.29, 1.82) is 0 Å². The van der Waals surface area contributed by atoms with Crippen LogP contribution in [0.25, 0.3) is 0 Å². The first-order valence-electron chi connectivity index (χ1n) is 8.16. The van der Waals surface area contributed by atoms with Crippen LogP contribution in [0.4, 0.5) is 0 Å². The van der Waals surface area contributed by atoms with Gasteiger partial charge >= 0.3 is 5.97 Å². The third kappa shape index (κ3) is 5.97. The van der Waals surface area contributed by atoms with Gasteiger partial charge in [0.2, 0.25) is 0 Å². The van der Waals surface area contributed by atoms with Crippen molar-refractivity contribution in [1.82, 2.24) is 0 Å². The van der Waals surface area contributed by atoms with E-state index >= 15 is 0 Å². The normalized spacial score (nSPS) is 22.5. The summed E-state index contributed by atoms with van der Waals surface area (Å²) in [6.45, 7) is 0.535. The van der Waals surface area contributed by atoms with E-state index in [9.17, 15) is 4.79 Å². The number of ether oxygens (including phenoxy) is 1. The van der Waals surface area contributed by atoms with Crippen LogP contribution in [0, 0.1) is 0 Å². The van der Waals surface area contributed by atoms with Crippen molar-refractivity contribution < 1.29 is 9.53 Å². The van der Waals surface area contributed by atoms with E-state index in [0.717, 1.165) is 24.0 Å². The molecule has 3 heteroatoms. The molecule has 0 aromatic heterocycles. The van der Waals surface area contributed by atoms with E-state index in [1.165, 1.54) is 44.9 Å². The largest absolute Gasteiger partial charge is 0.461 e. The van der Waals surface area contributed by atoms with E-state index in [1.807, 2.05) is 18.2 Å². The molecule has 1 atom stereocenters. The van der Waals surface area contributed by atoms with Gasteiger partial charge in [0.15, 0.2) is 0 Å². The summed E-state index contributed by atoms with van der Waals surface area (Å²) in [7, 11) is 0. The lowest BCUT2D eigenvalue weighted by molar-refractivity contribution is 0.0507. The Kier molecular flexibility index (Phi) is 7.54. The number of benzene rings is 1. The van der Waals surface area contributed by atoms with Crippen molar-refractivity contribution in [3.05, 3.63) is 35.4 Å². The number of fused-ring (bicyclic) bond motifs is 1. The van der Waals surface area contributed by atoms with Gasteiger partial charge in [0.05, 0.1) is 5.56 Å². The van der Waals surface area contributed by atoms with Crippen LogP contribution in [0.5, 0.6) is 0 Å². The Hall–Kier alpha value is -0.580. The van der Waals surface area contributed by atoms with Crippen molar-refractivity contribution >= 4 is 28.6 Å². The third-order valence-electron chi connectivity index (χ3n) is 4.10. The number of esters is 1. The van der Waals surface area contributed by atoms with Gasteiger partial charge in [0, 0.05) is 3.92 Å². The zero-order valence-electron chi connectivity index (χ0n) is 12.7. The Balaban J connectivity index is 2.02. The molecule has 0 bridgehead atoms. The number of cyclic esters (lactones) is 1. The molecule has 1 aromatic rings. The second-order valence-electron chi connectivity index (χ2n) is 5.87. The highest BCUT2D eigenvalue weighted by molar-refractivity contribution is 14.1. The van der Waals surface area contributed by atoms with Crippen LogP contribution in [-0.4, -0.2) is 16.5 Å². The Bertz CT molecular complexity index is 445. The Labute approximate surface area is 141 Å². The lowest BCUT2D eigenvalue weighted by Gasteiger charge is -2.12. The van der Waals surface area contributed by atoms with Crippen LogP contribution in [0.15, 0.2) is 24.3 Å². The topological polar surface area (TPSA) is 26.3 Å². The van der Waals surface area contributed by atoms with E-state index in [1.54, 1.807) is 0 Å². The minimum absolute atomic E-state index is 0.151. The molecule has 0 fully saturated rings. The van der Waals surface area contributed by atoms with Gasteiger partial charge in [0.25, 0.3) is 0 Å². The summed E-state index contributed by atoms with van der Waals surface area (Å²) in [6, 6.07) is 7.91. The summed E-state index contributed by atoms with van der Waals surface area (Å²) < 4.78 is 5.94. The number of hydrogen-bond acceptors (Lipinski definition) is 2. The molecule has 2 rings (SSSR count). The van der Waals surface area contributed by atoms with Crippen LogP contribution in [0.2, 0.25) is 0 Å². The van der Waals surface area contributed by atoms with Crippen LogP contribution in [0.1, 0.15) is 67.3 Å². The molecule has 1 unspecified atom stereocenters. The molecule has 2 nitrogen and oxygen atoms in total. The molecule has 116 valence electrons. The molecule has 1 aliphatic heterocycles. The molecule has 0 N–H and O–H groups in total. The van der Waals surface area contributed by atoms with Crippen LogP contribution in [0.3, 0.4) is 0 Å². The van der Waals surface area contributed by atoms with E-state index < -0.39 is 0 Å². The number of aryl methyl sites for hydroxylation is 1. The smallest absolute Gasteiger partial charge is 0.338 e. The van der Waals surface area contributed by atoms with Crippen molar-refractivity contribution in [2.24, 2.45) is 0 Å². The van der Waals surface area contributed by atoms with Gasteiger partial charge in [-0.05, 0) is 30.9 Å². The standard InChI is InChI=1S/C18H25IO2/c19-16-12-7-5-3-1-2-4-6-10-15-11-8-9-13-17(15)18(20)21-14-16/h8-9,11,13,16H,1-7,10,12,14H2. The summed E-state index contributed by atoms with van der Waals surface area (Å²) in [5, 5.41) is 0. The number of halogens is 1. The highest BCUT2D eigenvalue weighted by atomic mass is 127. The summed E-state index contributed by atoms with van der Waals surface area (Å²) >= 11 is 2.41. The third-order valence-corrected chi connectivity index (χ3v) is 5.08. The minimum atomic E-state index is -0.151. The highest BCUT2D eigenvalue weighted by Gasteiger charge is 2.14. The molecule has 0 saturated carbocycles. The molecule has 0 aliphatic carbocycles. The Morgan fingerprint density at radius 2 is 1.62 bits per heavy atom. The number of carbonyl (C=O) groups is 1. The first-order chi connectivity index (χ1) is 10.3. The van der Waals surface area contributed by atoms with Crippen LogP contribution in [-0.2, 0) is 11.2 Å². The van der Waals surface area contributed by atoms with Gasteiger partial charge in [0.1, 0.15) is 6.61 Å². The van der Waals surface area contributed by atoms with Crippen LogP contribution < -0.4 is 0 Å². The van der Waals surface area contributed by atoms with Crippen molar-refractivity contribution in [2.75, 3.05) is 6.61 Å². The lowest BCUT2D eigenvalue weighted by Crippen LogP contribution is -2.15. The average molecular weight is 400 g/mol. The summed E-state index contributed by atoms with van der Waals surface area (Å²) in [5.74, 6) is -0.151. The maximum atomic E-state index is 12.3. The van der Waals surface area contributed by atoms with Crippen molar-refractivity contribution in [2.45, 2.75) is 61.7 Å². The summed E-state index contributed by atoms with van der Waals surface area (Å²) in [6.07, 6.45) is 11.1. The maximum Gasteiger partial charge on any atom is 0.338 e. The summed E-state index contributed by atoms with van der Waals surface area (Å²) in [4.78, 5) is 12.3. The van der Waals surface area contributed by atoms with Gasteiger partial charge < -0.3 is 4.74 Å². The van der Waals surface area contributed by atoms with Crippen molar-refractivity contribution in [3.8, 4) is 0 Å². The first-order valence-corrected chi connectivity index (χ1v) is 9.41. The van der Waals surface area contributed by atoms with E-state index in [4.69, 9.17) is 4.74 Å². The van der Waals surface area contributed by atoms with Gasteiger partial charge in [-0.15, -0.1) is 0 Å². The SMILES string of the molecule is O=C1OCC(I)CCCCCCCCCc2ccccc21. The van der Waals surface area contributed by atoms with E-state index in [-0.39, 0.29) is 5.97 Å². The van der Waals surface area contributed by atoms with Gasteiger partial charge in [-0.25, -0.2) is 4.79 Å². The molecular formula is C18H25IO2. The quantitative estimate of drug-likeness (QED) is 0.335. The molecule has 1 aromatic carbocycles. The van der Waals surface area contributed by atoms with Gasteiger partial charge in [-0.2, -0.15) is 0 Å². The number of hydrogen-bond donors (Lipinski definition) is 0. The van der Waals surface area contributed by atoms with E-state index in [2.05, 4.69) is 28.7 Å². The lowest BCUT2D eigenvalue weighted by atomic mass is 10.0. The Morgan fingerprint density at radius 3 is 2.43 bits per heavy atom. The second-order valence-corrected chi connectivity index (χ2v) is 7.63.